The van der Waals surface area contributed by atoms with Crippen LogP contribution >= 0.6 is 0 Å². The third-order valence-corrected chi connectivity index (χ3v) is 14.1. The molecule has 296 valence electrons. The molecule has 1 aliphatic carbocycles. The second-order valence-electron chi connectivity index (χ2n) is 17.3. The number of hydrogen-bond donors (Lipinski definition) is 0. The van der Waals surface area contributed by atoms with E-state index in [4.69, 9.17) is 9.72 Å². The molecule has 2 nitrogen and oxygen atoms in total. The molecule has 0 amide bonds. The molecular formula is C62H37NO. The molecule has 0 saturated carbocycles. The normalized spacial score (nSPS) is 13.2. The van der Waals surface area contributed by atoms with Gasteiger partial charge in [0.15, 0.2) is 0 Å². The maximum Gasteiger partial charge on any atom is 0.140 e. The lowest BCUT2D eigenvalue weighted by Gasteiger charge is -2.40. The molecule has 1 aliphatic heterocycles. The largest absolute Gasteiger partial charge is 0.456 e. The number of benzene rings is 11. The van der Waals surface area contributed by atoms with E-state index in [1.54, 1.807) is 0 Å². The Bertz CT molecular complexity index is 3840. The summed E-state index contributed by atoms with van der Waals surface area (Å²) in [5.41, 5.74) is 14.5. The summed E-state index contributed by atoms with van der Waals surface area (Å²) in [6.45, 7) is 0. The van der Waals surface area contributed by atoms with Crippen molar-refractivity contribution in [3.8, 4) is 56.1 Å². The van der Waals surface area contributed by atoms with E-state index in [9.17, 15) is 0 Å². The van der Waals surface area contributed by atoms with Crippen molar-refractivity contribution in [1.29, 1.82) is 0 Å². The van der Waals surface area contributed by atoms with E-state index in [1.807, 2.05) is 0 Å². The third kappa shape index (κ3) is 4.82. The molecule has 14 rings (SSSR count). The zero-order valence-electron chi connectivity index (χ0n) is 34.7. The molecule has 12 aromatic rings. The van der Waals surface area contributed by atoms with E-state index in [-0.39, 0.29) is 0 Å². The van der Waals surface area contributed by atoms with Crippen molar-refractivity contribution in [3.05, 3.63) is 247 Å². The minimum atomic E-state index is -0.566. The third-order valence-electron chi connectivity index (χ3n) is 14.1. The van der Waals surface area contributed by atoms with Crippen LogP contribution in [0.15, 0.2) is 224 Å². The van der Waals surface area contributed by atoms with Crippen LogP contribution in [0.1, 0.15) is 22.3 Å². The van der Waals surface area contributed by atoms with E-state index in [2.05, 4.69) is 224 Å². The summed E-state index contributed by atoms with van der Waals surface area (Å²) in [6.07, 6.45) is 0. The zero-order valence-corrected chi connectivity index (χ0v) is 34.7. The maximum absolute atomic E-state index is 7.27. The molecule has 0 N–H and O–H groups in total. The van der Waals surface area contributed by atoms with Crippen LogP contribution in [0.2, 0.25) is 0 Å². The molecule has 1 aromatic heterocycles. The van der Waals surface area contributed by atoms with Crippen LogP contribution in [0, 0.1) is 0 Å². The van der Waals surface area contributed by atoms with Crippen molar-refractivity contribution in [1.82, 2.24) is 4.98 Å². The highest BCUT2D eigenvalue weighted by molar-refractivity contribution is 6.26. The van der Waals surface area contributed by atoms with E-state index in [0.29, 0.717) is 0 Å². The van der Waals surface area contributed by atoms with Crippen molar-refractivity contribution < 1.29 is 4.74 Å². The second kappa shape index (κ2) is 13.3. The van der Waals surface area contributed by atoms with E-state index < -0.39 is 5.41 Å². The van der Waals surface area contributed by atoms with E-state index in [0.717, 1.165) is 66.7 Å². The van der Waals surface area contributed by atoms with Crippen LogP contribution in [0.25, 0.3) is 98.6 Å². The zero-order chi connectivity index (χ0) is 41.9. The van der Waals surface area contributed by atoms with Gasteiger partial charge >= 0.3 is 0 Å². The van der Waals surface area contributed by atoms with Gasteiger partial charge in [0.25, 0.3) is 0 Å². The summed E-state index contributed by atoms with van der Waals surface area (Å²) in [5, 5.41) is 10.9. The van der Waals surface area contributed by atoms with Gasteiger partial charge in [0.2, 0.25) is 0 Å². The minimum Gasteiger partial charge on any atom is -0.456 e. The molecule has 0 bridgehead atoms. The number of nitrogens with zero attached hydrogens (tertiary/aromatic N) is 1. The van der Waals surface area contributed by atoms with Gasteiger partial charge in [-0.25, -0.2) is 4.98 Å². The topological polar surface area (TPSA) is 22.1 Å². The quantitative estimate of drug-likeness (QED) is 0.166. The van der Waals surface area contributed by atoms with Crippen LogP contribution in [0.4, 0.5) is 0 Å². The van der Waals surface area contributed by atoms with E-state index >= 15 is 0 Å². The second-order valence-corrected chi connectivity index (χ2v) is 17.3. The lowest BCUT2D eigenvalue weighted by molar-refractivity contribution is 0.442. The van der Waals surface area contributed by atoms with Crippen molar-refractivity contribution >= 4 is 54.0 Å². The van der Waals surface area contributed by atoms with Crippen molar-refractivity contribution in [2.45, 2.75) is 5.41 Å². The summed E-state index contributed by atoms with van der Waals surface area (Å²) in [6, 6.07) is 81.9. The highest BCUT2D eigenvalue weighted by Crippen LogP contribution is 2.63. The molecule has 11 aromatic carbocycles. The molecule has 0 unspecified atom stereocenters. The van der Waals surface area contributed by atoms with Gasteiger partial charge in [0, 0.05) is 32.8 Å². The molecular weight excluding hydrogens is 775 g/mol. The summed E-state index contributed by atoms with van der Waals surface area (Å²) in [4.78, 5) is 5.43. The van der Waals surface area contributed by atoms with Crippen molar-refractivity contribution in [2.24, 2.45) is 0 Å². The van der Waals surface area contributed by atoms with Crippen molar-refractivity contribution in [3.63, 3.8) is 0 Å². The van der Waals surface area contributed by atoms with Crippen LogP contribution < -0.4 is 4.74 Å². The van der Waals surface area contributed by atoms with Gasteiger partial charge in [-0.2, -0.15) is 0 Å². The van der Waals surface area contributed by atoms with Crippen LogP contribution in [0.5, 0.6) is 11.5 Å². The number of aromatic nitrogens is 1. The molecule has 0 fully saturated rings. The predicted molar refractivity (Wildman–Crippen MR) is 265 cm³/mol. The smallest absolute Gasteiger partial charge is 0.140 e. The molecule has 0 radical (unpaired) electrons. The first kappa shape index (κ1) is 35.3. The Morgan fingerprint density at radius 3 is 1.45 bits per heavy atom. The number of rotatable bonds is 3. The standard InChI is InChI=1S/C62H37NO/c1-2-14-40(15-3-1)60-50-33-34-56-61(64-58-25-13-12-24-55(58)62(56)53-22-10-8-20-48(53)49-21-9-11-23-54(49)62)59(50)52-37-42(31-35-57(52)63-60)39-28-26-38(27-29-39)41-30-32-47-45-18-5-4-16-43(45)44-17-6-7-19-46(44)51(47)36-41/h1-37H. The highest BCUT2D eigenvalue weighted by atomic mass is 16.5. The number of pyridine rings is 1. The Morgan fingerprint density at radius 2 is 0.797 bits per heavy atom. The summed E-state index contributed by atoms with van der Waals surface area (Å²) in [5.74, 6) is 1.76. The summed E-state index contributed by atoms with van der Waals surface area (Å²) < 4.78 is 7.27. The number of hydrogen-bond acceptors (Lipinski definition) is 2. The van der Waals surface area contributed by atoms with Gasteiger partial charge in [-0.3, -0.25) is 0 Å². The number of fused-ring (bicyclic) bond motifs is 19. The van der Waals surface area contributed by atoms with E-state index in [1.165, 1.54) is 65.7 Å². The predicted octanol–water partition coefficient (Wildman–Crippen LogP) is 16.3. The van der Waals surface area contributed by atoms with Gasteiger partial charge in [0.1, 0.15) is 11.5 Å². The first-order valence-corrected chi connectivity index (χ1v) is 22.1. The highest BCUT2D eigenvalue weighted by Gasteiger charge is 2.51. The minimum absolute atomic E-state index is 0.566. The Kier molecular flexibility index (Phi) is 7.35. The van der Waals surface area contributed by atoms with Gasteiger partial charge in [0.05, 0.1) is 16.6 Å². The monoisotopic (exact) mass is 811 g/mol. The molecule has 0 saturated heterocycles. The fourth-order valence-electron chi connectivity index (χ4n) is 11.3. The number of ether oxygens (including phenoxy) is 1. The van der Waals surface area contributed by atoms with Gasteiger partial charge in [-0.05, 0) is 101 Å². The Labute approximate surface area is 370 Å². The van der Waals surface area contributed by atoms with Crippen LogP contribution in [0.3, 0.4) is 0 Å². The molecule has 2 aliphatic rings. The first-order valence-electron chi connectivity index (χ1n) is 22.1. The molecule has 2 heteroatoms. The molecule has 0 atom stereocenters. The average Bonchev–Trinajstić information content (AvgIpc) is 3.66. The molecule has 2 heterocycles. The maximum atomic E-state index is 7.27. The molecule has 1 spiro atoms. The fourth-order valence-corrected chi connectivity index (χ4v) is 11.3. The molecule has 64 heavy (non-hydrogen) atoms. The van der Waals surface area contributed by atoms with Crippen LogP contribution in [-0.2, 0) is 5.41 Å². The van der Waals surface area contributed by atoms with Crippen molar-refractivity contribution in [2.75, 3.05) is 0 Å². The lowest BCUT2D eigenvalue weighted by atomic mass is 9.65. The Morgan fingerprint density at radius 1 is 0.312 bits per heavy atom. The van der Waals surface area contributed by atoms with Gasteiger partial charge in [-0.1, -0.05) is 200 Å². The SMILES string of the molecule is c1ccc(-c2nc3ccc(-c4ccc(-c5ccc6c7ccccc7c7ccccc7c6c5)cc4)cc3c3c4c(ccc23)C2(c3ccccc3O4)c3ccccc3-c3ccccc32)cc1. The first-order chi connectivity index (χ1) is 31.7. The Balaban J connectivity index is 0.976. The van der Waals surface area contributed by atoms with Gasteiger partial charge < -0.3 is 4.74 Å². The van der Waals surface area contributed by atoms with Gasteiger partial charge in [-0.15, -0.1) is 0 Å². The lowest BCUT2D eigenvalue weighted by Crippen LogP contribution is -2.32. The summed E-state index contributed by atoms with van der Waals surface area (Å²) in [7, 11) is 0. The average molecular weight is 812 g/mol. The Hall–Kier alpha value is -8.33. The van der Waals surface area contributed by atoms with Crippen LogP contribution in [-0.4, -0.2) is 4.98 Å². The number of para-hydroxylation sites is 1. The fraction of sp³-hybridized carbons (Fsp3) is 0.0161. The summed E-state index contributed by atoms with van der Waals surface area (Å²) >= 11 is 0.